The molecule has 1 N–H and O–H groups in total. The molecule has 0 fully saturated rings. The smallest absolute Gasteiger partial charge is 0.227 e. The molecule has 3 aromatic carbocycles. The number of fused-ring (bicyclic) bond motifs is 1. The SMILES string of the molecule is Cc1ccc(S(=O)(=O)CCC(=O)Nc2nc(-c3cccc4ccccc34)cs2)cc1. The van der Waals surface area contributed by atoms with E-state index in [2.05, 4.69) is 10.3 Å². The number of nitrogens with zero attached hydrogens (tertiary/aromatic N) is 1. The Morgan fingerprint density at radius 1 is 1.00 bits per heavy atom. The molecule has 0 atom stereocenters. The number of carbonyl (C=O) groups excluding carboxylic acids is 1. The van der Waals surface area contributed by atoms with Gasteiger partial charge in [-0.25, -0.2) is 13.4 Å². The van der Waals surface area contributed by atoms with Crippen molar-refractivity contribution in [1.29, 1.82) is 0 Å². The van der Waals surface area contributed by atoms with Crippen LogP contribution in [0.25, 0.3) is 22.0 Å². The molecule has 152 valence electrons. The summed E-state index contributed by atoms with van der Waals surface area (Å²) in [5.41, 5.74) is 2.75. The summed E-state index contributed by atoms with van der Waals surface area (Å²) in [6, 6.07) is 20.7. The Hall–Kier alpha value is -3.03. The number of rotatable bonds is 6. The molecular weight excluding hydrogens is 416 g/mol. The number of aromatic nitrogens is 1. The fourth-order valence-corrected chi connectivity index (χ4v) is 5.14. The quantitative estimate of drug-likeness (QED) is 0.458. The van der Waals surface area contributed by atoms with Crippen molar-refractivity contribution in [3.05, 3.63) is 77.7 Å². The first-order valence-corrected chi connectivity index (χ1v) is 12.0. The van der Waals surface area contributed by atoms with Crippen molar-refractivity contribution in [3.63, 3.8) is 0 Å². The van der Waals surface area contributed by atoms with Gasteiger partial charge in [0.2, 0.25) is 5.91 Å². The van der Waals surface area contributed by atoms with Crippen LogP contribution in [0.4, 0.5) is 5.13 Å². The van der Waals surface area contributed by atoms with Gasteiger partial charge in [-0.05, 0) is 29.8 Å². The highest BCUT2D eigenvalue weighted by molar-refractivity contribution is 7.91. The third kappa shape index (κ3) is 4.42. The zero-order valence-corrected chi connectivity index (χ0v) is 18.0. The van der Waals surface area contributed by atoms with Gasteiger partial charge in [-0.1, -0.05) is 60.2 Å². The number of hydrogen-bond acceptors (Lipinski definition) is 5. The maximum absolute atomic E-state index is 12.4. The Labute approximate surface area is 179 Å². The van der Waals surface area contributed by atoms with Gasteiger partial charge in [0.05, 0.1) is 16.3 Å². The van der Waals surface area contributed by atoms with Crippen molar-refractivity contribution in [1.82, 2.24) is 4.98 Å². The second kappa shape index (κ2) is 8.38. The average molecular weight is 437 g/mol. The average Bonchev–Trinajstić information content (AvgIpc) is 3.20. The van der Waals surface area contributed by atoms with Crippen LogP contribution < -0.4 is 5.32 Å². The molecule has 0 spiro atoms. The van der Waals surface area contributed by atoms with Crippen molar-refractivity contribution in [2.75, 3.05) is 11.1 Å². The summed E-state index contributed by atoms with van der Waals surface area (Å²) < 4.78 is 24.8. The van der Waals surface area contributed by atoms with E-state index in [1.54, 1.807) is 24.3 Å². The highest BCUT2D eigenvalue weighted by Crippen LogP contribution is 2.31. The van der Waals surface area contributed by atoms with Gasteiger partial charge < -0.3 is 5.32 Å². The monoisotopic (exact) mass is 436 g/mol. The molecule has 1 aromatic heterocycles. The van der Waals surface area contributed by atoms with Crippen molar-refractivity contribution in [2.45, 2.75) is 18.2 Å². The summed E-state index contributed by atoms with van der Waals surface area (Å²) in [7, 11) is -3.50. The molecule has 4 rings (SSSR count). The molecule has 0 bridgehead atoms. The van der Waals surface area contributed by atoms with Crippen LogP contribution in [-0.2, 0) is 14.6 Å². The van der Waals surface area contributed by atoms with E-state index >= 15 is 0 Å². The van der Waals surface area contributed by atoms with Gasteiger partial charge in [-0.15, -0.1) is 11.3 Å². The van der Waals surface area contributed by atoms with E-state index in [4.69, 9.17) is 0 Å². The number of aryl methyl sites for hydroxylation is 1. The molecule has 5 nitrogen and oxygen atoms in total. The first-order valence-electron chi connectivity index (χ1n) is 9.45. The van der Waals surface area contributed by atoms with Crippen molar-refractivity contribution >= 4 is 43.0 Å². The topological polar surface area (TPSA) is 76.1 Å². The molecule has 30 heavy (non-hydrogen) atoms. The molecule has 0 aliphatic rings. The fourth-order valence-electron chi connectivity index (χ4n) is 3.18. The number of thiazole rings is 1. The Morgan fingerprint density at radius 2 is 1.73 bits per heavy atom. The highest BCUT2D eigenvalue weighted by Gasteiger charge is 2.17. The molecule has 1 heterocycles. The Morgan fingerprint density at radius 3 is 2.53 bits per heavy atom. The third-order valence-electron chi connectivity index (χ3n) is 4.79. The molecule has 0 saturated carbocycles. The van der Waals surface area contributed by atoms with E-state index < -0.39 is 9.84 Å². The number of sulfone groups is 1. The Kier molecular flexibility index (Phi) is 5.65. The van der Waals surface area contributed by atoms with Gasteiger partial charge in [-0.2, -0.15) is 0 Å². The highest BCUT2D eigenvalue weighted by atomic mass is 32.2. The number of benzene rings is 3. The van der Waals surface area contributed by atoms with Crippen LogP contribution in [0.3, 0.4) is 0 Å². The van der Waals surface area contributed by atoms with Crippen LogP contribution in [0.15, 0.2) is 77.0 Å². The zero-order valence-electron chi connectivity index (χ0n) is 16.3. The summed E-state index contributed by atoms with van der Waals surface area (Å²) in [5.74, 6) is -0.617. The van der Waals surface area contributed by atoms with Crippen LogP contribution >= 0.6 is 11.3 Å². The van der Waals surface area contributed by atoms with Crippen LogP contribution in [0.1, 0.15) is 12.0 Å². The second-order valence-corrected chi connectivity index (χ2v) is 9.96. The lowest BCUT2D eigenvalue weighted by atomic mass is 10.0. The fraction of sp³-hybridized carbons (Fsp3) is 0.130. The second-order valence-electron chi connectivity index (χ2n) is 6.99. The van der Waals surface area contributed by atoms with Gasteiger partial charge in [0.1, 0.15) is 0 Å². The number of carbonyl (C=O) groups is 1. The first kappa shape index (κ1) is 20.3. The van der Waals surface area contributed by atoms with Crippen LogP contribution in [0.2, 0.25) is 0 Å². The van der Waals surface area contributed by atoms with Crippen LogP contribution in [0.5, 0.6) is 0 Å². The predicted octanol–water partition coefficient (Wildman–Crippen LogP) is 5.07. The lowest BCUT2D eigenvalue weighted by molar-refractivity contribution is -0.115. The largest absolute Gasteiger partial charge is 0.302 e. The minimum Gasteiger partial charge on any atom is -0.302 e. The van der Waals surface area contributed by atoms with Crippen LogP contribution in [-0.4, -0.2) is 25.1 Å². The molecular formula is C23H20N2O3S2. The number of hydrogen-bond donors (Lipinski definition) is 1. The van der Waals surface area contributed by atoms with Gasteiger partial charge in [0.15, 0.2) is 15.0 Å². The van der Waals surface area contributed by atoms with Crippen molar-refractivity contribution < 1.29 is 13.2 Å². The summed E-state index contributed by atoms with van der Waals surface area (Å²) in [5, 5.41) is 7.27. The lowest BCUT2D eigenvalue weighted by Gasteiger charge is -2.05. The summed E-state index contributed by atoms with van der Waals surface area (Å²) in [4.78, 5) is 17.0. The van der Waals surface area contributed by atoms with E-state index in [0.717, 1.165) is 27.6 Å². The Balaban J connectivity index is 1.43. The van der Waals surface area contributed by atoms with E-state index in [1.807, 2.05) is 54.8 Å². The zero-order chi connectivity index (χ0) is 21.1. The van der Waals surface area contributed by atoms with Gasteiger partial charge >= 0.3 is 0 Å². The summed E-state index contributed by atoms with van der Waals surface area (Å²) >= 11 is 1.32. The van der Waals surface area contributed by atoms with Crippen molar-refractivity contribution in [3.8, 4) is 11.3 Å². The molecule has 0 unspecified atom stereocenters. The number of amides is 1. The van der Waals surface area contributed by atoms with E-state index in [0.29, 0.717) is 5.13 Å². The van der Waals surface area contributed by atoms with Gasteiger partial charge in [0, 0.05) is 17.4 Å². The molecule has 1 amide bonds. The van der Waals surface area contributed by atoms with E-state index in [1.165, 1.54) is 11.3 Å². The minimum absolute atomic E-state index is 0.126. The molecule has 0 aliphatic heterocycles. The van der Waals surface area contributed by atoms with Crippen molar-refractivity contribution in [2.24, 2.45) is 0 Å². The predicted molar refractivity (Wildman–Crippen MR) is 122 cm³/mol. The molecule has 4 aromatic rings. The normalized spacial score (nSPS) is 11.5. The molecule has 0 radical (unpaired) electrons. The summed E-state index contributed by atoms with van der Waals surface area (Å²) in [6.45, 7) is 1.89. The van der Waals surface area contributed by atoms with E-state index in [-0.39, 0.29) is 23.0 Å². The van der Waals surface area contributed by atoms with E-state index in [9.17, 15) is 13.2 Å². The molecule has 0 saturated heterocycles. The maximum atomic E-state index is 12.4. The molecule has 0 aliphatic carbocycles. The molecule has 7 heteroatoms. The first-order chi connectivity index (χ1) is 14.4. The maximum Gasteiger partial charge on any atom is 0.227 e. The third-order valence-corrected chi connectivity index (χ3v) is 7.28. The standard InChI is InChI=1S/C23H20N2O3S2/c1-16-9-11-18(12-10-16)30(27,28)14-13-22(26)25-23-24-21(15-29-23)20-8-4-6-17-5-2-3-7-19(17)20/h2-12,15H,13-14H2,1H3,(H,24,25,26). The van der Waals surface area contributed by atoms with Gasteiger partial charge in [0.25, 0.3) is 0 Å². The van der Waals surface area contributed by atoms with Gasteiger partial charge in [-0.3, -0.25) is 4.79 Å². The minimum atomic E-state index is -3.50. The number of nitrogens with one attached hydrogen (secondary N) is 1. The Bertz CT molecular complexity index is 1300. The van der Waals surface area contributed by atoms with Crippen LogP contribution in [0, 0.1) is 6.92 Å². The number of anilines is 1. The lowest BCUT2D eigenvalue weighted by Crippen LogP contribution is -2.17. The summed E-state index contributed by atoms with van der Waals surface area (Å²) in [6.07, 6.45) is -0.126.